The number of nitrogens with zero attached hydrogens (tertiary/aromatic N) is 2. The Bertz CT molecular complexity index is 398. The maximum Gasteiger partial charge on any atom is 0.341 e. The van der Waals surface area contributed by atoms with Crippen LogP contribution in [0.2, 0.25) is 0 Å². The van der Waals surface area contributed by atoms with Crippen LogP contribution in [-0.2, 0) is 16.6 Å². The molecule has 6 heteroatoms. The van der Waals surface area contributed by atoms with Crippen molar-refractivity contribution in [3.05, 3.63) is 17.5 Å². The fourth-order valence-corrected chi connectivity index (χ4v) is 1.29. The van der Waals surface area contributed by atoms with E-state index in [1.807, 2.05) is 0 Å². The zero-order chi connectivity index (χ0) is 12.1. The van der Waals surface area contributed by atoms with Gasteiger partial charge in [-0.3, -0.25) is 9.48 Å². The van der Waals surface area contributed by atoms with E-state index in [0.29, 0.717) is 17.7 Å². The Labute approximate surface area is 93.4 Å². The predicted octanol–water partition coefficient (Wildman–Crippen LogP) is 0.151. The van der Waals surface area contributed by atoms with Crippen LogP contribution in [0, 0.1) is 6.92 Å². The van der Waals surface area contributed by atoms with Crippen molar-refractivity contribution in [1.82, 2.24) is 9.78 Å². The first-order chi connectivity index (χ1) is 7.50. The lowest BCUT2D eigenvalue weighted by Gasteiger charge is -2.02. The molecular weight excluding hydrogens is 210 g/mol. The van der Waals surface area contributed by atoms with Gasteiger partial charge >= 0.3 is 5.97 Å². The van der Waals surface area contributed by atoms with E-state index >= 15 is 0 Å². The molecule has 1 aromatic heterocycles. The first-order valence-corrected chi connectivity index (χ1v) is 4.96. The van der Waals surface area contributed by atoms with Crippen molar-refractivity contribution < 1.29 is 14.3 Å². The number of carbonyl (C=O) groups is 2. The van der Waals surface area contributed by atoms with Gasteiger partial charge < -0.3 is 10.5 Å². The smallest absolute Gasteiger partial charge is 0.341 e. The van der Waals surface area contributed by atoms with E-state index in [0.717, 1.165) is 0 Å². The molecule has 0 aliphatic rings. The molecule has 0 aliphatic carbocycles. The van der Waals surface area contributed by atoms with Crippen LogP contribution in [0.3, 0.4) is 0 Å². The molecule has 1 rings (SSSR count). The van der Waals surface area contributed by atoms with Crippen molar-refractivity contribution >= 4 is 11.9 Å². The monoisotopic (exact) mass is 225 g/mol. The van der Waals surface area contributed by atoms with Gasteiger partial charge in [0.25, 0.3) is 0 Å². The van der Waals surface area contributed by atoms with Crippen LogP contribution in [0.4, 0.5) is 0 Å². The zero-order valence-corrected chi connectivity index (χ0v) is 9.40. The highest BCUT2D eigenvalue weighted by Crippen LogP contribution is 2.06. The topological polar surface area (TPSA) is 87.2 Å². The maximum absolute atomic E-state index is 11.5. The second kappa shape index (κ2) is 5.29. The van der Waals surface area contributed by atoms with E-state index in [1.165, 1.54) is 0 Å². The second-order valence-electron chi connectivity index (χ2n) is 3.51. The molecular formula is C10H15N3O3. The number of esters is 1. The number of hydrogen-bond acceptors (Lipinski definition) is 4. The Balaban J connectivity index is 2.41. The van der Waals surface area contributed by atoms with Gasteiger partial charge in [-0.25, -0.2) is 4.79 Å². The number of hydrogen-bond donors (Lipinski definition) is 1. The predicted molar refractivity (Wildman–Crippen MR) is 56.7 cm³/mol. The Morgan fingerprint density at radius 3 is 2.75 bits per heavy atom. The Morgan fingerprint density at radius 2 is 2.25 bits per heavy atom. The van der Waals surface area contributed by atoms with Crippen LogP contribution in [-0.4, -0.2) is 28.3 Å². The van der Waals surface area contributed by atoms with Crippen LogP contribution in [0.15, 0.2) is 6.20 Å². The Kier molecular flexibility index (Phi) is 4.04. The molecule has 88 valence electrons. The molecule has 0 aliphatic heterocycles. The van der Waals surface area contributed by atoms with Crippen LogP contribution >= 0.6 is 0 Å². The van der Waals surface area contributed by atoms with Crippen LogP contribution in [0.25, 0.3) is 0 Å². The van der Waals surface area contributed by atoms with Crippen molar-refractivity contribution in [3.8, 4) is 0 Å². The van der Waals surface area contributed by atoms with Crippen molar-refractivity contribution in [1.29, 1.82) is 0 Å². The summed E-state index contributed by atoms with van der Waals surface area (Å²) < 4.78 is 6.52. The zero-order valence-electron chi connectivity index (χ0n) is 9.40. The van der Waals surface area contributed by atoms with Gasteiger partial charge in [0.1, 0.15) is 5.56 Å². The number of nitrogens with two attached hydrogens (primary N) is 1. The summed E-state index contributed by atoms with van der Waals surface area (Å²) in [5, 5.41) is 4.03. The number of rotatable bonds is 5. The van der Waals surface area contributed by atoms with Gasteiger partial charge in [0.2, 0.25) is 5.91 Å². The van der Waals surface area contributed by atoms with Crippen LogP contribution in [0.5, 0.6) is 0 Å². The second-order valence-corrected chi connectivity index (χ2v) is 3.51. The largest absolute Gasteiger partial charge is 0.462 e. The molecule has 0 unspecified atom stereocenters. The van der Waals surface area contributed by atoms with Gasteiger partial charge in [-0.15, -0.1) is 0 Å². The summed E-state index contributed by atoms with van der Waals surface area (Å²) in [4.78, 5) is 22.0. The number of aryl methyl sites for hydroxylation is 2. The van der Waals surface area contributed by atoms with Gasteiger partial charge in [-0.1, -0.05) is 0 Å². The Hall–Kier alpha value is -1.85. The summed E-state index contributed by atoms with van der Waals surface area (Å²) in [6.45, 7) is 1.93. The third-order valence-corrected chi connectivity index (χ3v) is 2.03. The van der Waals surface area contributed by atoms with E-state index in [1.54, 1.807) is 24.9 Å². The van der Waals surface area contributed by atoms with E-state index in [9.17, 15) is 9.59 Å². The summed E-state index contributed by atoms with van der Waals surface area (Å²) in [6.07, 6.45) is 2.27. The van der Waals surface area contributed by atoms with Crippen molar-refractivity contribution in [2.24, 2.45) is 12.8 Å². The molecule has 1 heterocycles. The average Bonchev–Trinajstić information content (AvgIpc) is 2.52. The number of carbonyl (C=O) groups excluding carboxylic acids is 2. The molecule has 0 radical (unpaired) electrons. The number of amides is 1. The van der Waals surface area contributed by atoms with Crippen LogP contribution < -0.4 is 5.73 Å². The van der Waals surface area contributed by atoms with Crippen molar-refractivity contribution in [2.75, 3.05) is 6.61 Å². The minimum atomic E-state index is -0.421. The molecule has 0 spiro atoms. The lowest BCUT2D eigenvalue weighted by Crippen LogP contribution is -2.13. The highest BCUT2D eigenvalue weighted by Gasteiger charge is 2.13. The maximum atomic E-state index is 11.5. The molecule has 0 bridgehead atoms. The molecule has 6 nitrogen and oxygen atoms in total. The first-order valence-electron chi connectivity index (χ1n) is 4.96. The molecule has 0 aromatic carbocycles. The standard InChI is InChI=1S/C10H15N3O3/c1-7-8(6-13(2)12-7)10(15)16-5-3-4-9(11)14/h6H,3-5H2,1-2H3,(H2,11,14). The van der Waals surface area contributed by atoms with E-state index in [2.05, 4.69) is 5.10 Å². The molecule has 1 aromatic rings. The van der Waals surface area contributed by atoms with Gasteiger partial charge in [-0.05, 0) is 13.3 Å². The van der Waals surface area contributed by atoms with E-state index in [4.69, 9.17) is 10.5 Å². The summed E-state index contributed by atoms with van der Waals surface area (Å²) in [7, 11) is 1.73. The third-order valence-electron chi connectivity index (χ3n) is 2.03. The number of ether oxygens (including phenoxy) is 1. The van der Waals surface area contributed by atoms with Gasteiger partial charge in [0.15, 0.2) is 0 Å². The Morgan fingerprint density at radius 1 is 1.56 bits per heavy atom. The lowest BCUT2D eigenvalue weighted by molar-refractivity contribution is -0.118. The van der Waals surface area contributed by atoms with Gasteiger partial charge in [-0.2, -0.15) is 5.10 Å². The summed E-state index contributed by atoms with van der Waals surface area (Å²) in [6, 6.07) is 0. The first kappa shape index (κ1) is 12.2. The molecule has 1 amide bonds. The van der Waals surface area contributed by atoms with Crippen LogP contribution in [0.1, 0.15) is 28.9 Å². The summed E-state index contributed by atoms with van der Waals surface area (Å²) in [5.41, 5.74) is 6.03. The molecule has 0 saturated heterocycles. The number of aromatic nitrogens is 2. The van der Waals surface area contributed by atoms with E-state index in [-0.39, 0.29) is 13.0 Å². The molecule has 2 N–H and O–H groups in total. The SMILES string of the molecule is Cc1nn(C)cc1C(=O)OCCCC(N)=O. The molecule has 0 fully saturated rings. The molecule has 0 atom stereocenters. The fraction of sp³-hybridized carbons (Fsp3) is 0.500. The van der Waals surface area contributed by atoms with Gasteiger partial charge in [0, 0.05) is 19.7 Å². The summed E-state index contributed by atoms with van der Waals surface area (Å²) >= 11 is 0. The minimum absolute atomic E-state index is 0.191. The fourth-order valence-electron chi connectivity index (χ4n) is 1.29. The van der Waals surface area contributed by atoms with Crippen molar-refractivity contribution in [2.45, 2.75) is 19.8 Å². The summed E-state index contributed by atoms with van der Waals surface area (Å²) in [5.74, 6) is -0.816. The highest BCUT2D eigenvalue weighted by molar-refractivity contribution is 5.90. The number of primary amides is 1. The van der Waals surface area contributed by atoms with E-state index < -0.39 is 11.9 Å². The quantitative estimate of drug-likeness (QED) is 0.570. The molecule has 0 saturated carbocycles. The highest BCUT2D eigenvalue weighted by atomic mass is 16.5. The third kappa shape index (κ3) is 3.38. The van der Waals surface area contributed by atoms with Gasteiger partial charge in [0.05, 0.1) is 12.3 Å². The normalized spacial score (nSPS) is 10.1. The average molecular weight is 225 g/mol. The van der Waals surface area contributed by atoms with Crippen molar-refractivity contribution in [3.63, 3.8) is 0 Å². The minimum Gasteiger partial charge on any atom is -0.462 e. The molecule has 16 heavy (non-hydrogen) atoms. The lowest BCUT2D eigenvalue weighted by atomic mass is 10.3.